The van der Waals surface area contributed by atoms with Gasteiger partial charge in [0.25, 0.3) is 0 Å². The first-order valence-corrected chi connectivity index (χ1v) is 9.21. The molecule has 3 aromatic rings. The highest BCUT2D eigenvalue weighted by atomic mass is 16.5. The normalized spacial score (nSPS) is 11.3. The summed E-state index contributed by atoms with van der Waals surface area (Å²) in [5, 5.41) is 10.6. The van der Waals surface area contributed by atoms with Crippen molar-refractivity contribution in [3.05, 3.63) is 72.1 Å². The first kappa shape index (κ1) is 19.3. The summed E-state index contributed by atoms with van der Waals surface area (Å²) >= 11 is 0. The number of hydrogen-bond donors (Lipinski definition) is 2. The summed E-state index contributed by atoms with van der Waals surface area (Å²) in [7, 11) is 1.87. The van der Waals surface area contributed by atoms with Gasteiger partial charge in [0.1, 0.15) is 24.5 Å². The average Bonchev–Trinajstić information content (AvgIpc) is 3.15. The summed E-state index contributed by atoms with van der Waals surface area (Å²) in [5.41, 5.74) is 2.00. The molecule has 0 spiro atoms. The first-order valence-electron chi connectivity index (χ1n) is 9.21. The monoisotopic (exact) mass is 379 g/mol. The molecule has 0 aliphatic carbocycles. The lowest BCUT2D eigenvalue weighted by Crippen LogP contribution is -2.37. The molecule has 146 valence electrons. The maximum Gasteiger partial charge on any atom is 0.191 e. The van der Waals surface area contributed by atoms with E-state index in [2.05, 4.69) is 30.7 Å². The van der Waals surface area contributed by atoms with Gasteiger partial charge in [0, 0.05) is 19.8 Å². The van der Waals surface area contributed by atoms with Crippen molar-refractivity contribution >= 4 is 5.96 Å². The third-order valence-electron chi connectivity index (χ3n) is 4.02. The van der Waals surface area contributed by atoms with E-state index in [-0.39, 0.29) is 0 Å². The minimum atomic E-state index is 0.453. The summed E-state index contributed by atoms with van der Waals surface area (Å²) in [4.78, 5) is 13.1. The smallest absolute Gasteiger partial charge is 0.191 e. The number of pyridine rings is 1. The molecule has 1 aromatic carbocycles. The van der Waals surface area contributed by atoms with Crippen molar-refractivity contribution in [3.63, 3.8) is 0 Å². The molecule has 0 unspecified atom stereocenters. The number of hydrogen-bond acceptors (Lipinski definition) is 5. The molecule has 0 fully saturated rings. The van der Waals surface area contributed by atoms with Gasteiger partial charge in [-0.05, 0) is 36.8 Å². The Labute approximate surface area is 164 Å². The largest absolute Gasteiger partial charge is 0.487 e. The lowest BCUT2D eigenvalue weighted by Gasteiger charge is -2.11. The van der Waals surface area contributed by atoms with Crippen molar-refractivity contribution in [1.82, 2.24) is 30.4 Å². The molecular weight excluding hydrogens is 354 g/mol. The van der Waals surface area contributed by atoms with Crippen molar-refractivity contribution in [3.8, 4) is 5.75 Å². The van der Waals surface area contributed by atoms with Crippen LogP contribution in [0.5, 0.6) is 5.75 Å². The Morgan fingerprint density at radius 1 is 1.11 bits per heavy atom. The van der Waals surface area contributed by atoms with Gasteiger partial charge in [-0.3, -0.25) is 9.67 Å². The van der Waals surface area contributed by atoms with Gasteiger partial charge in [-0.15, -0.1) is 0 Å². The van der Waals surface area contributed by atoms with Crippen LogP contribution in [0.2, 0.25) is 0 Å². The number of guanidine groups is 1. The Morgan fingerprint density at radius 2 is 1.96 bits per heavy atom. The van der Waals surface area contributed by atoms with Gasteiger partial charge in [-0.25, -0.2) is 9.98 Å². The number of nitrogens with one attached hydrogen (secondary N) is 2. The molecule has 28 heavy (non-hydrogen) atoms. The Hall–Kier alpha value is -3.42. The molecule has 0 atom stereocenters. The zero-order chi connectivity index (χ0) is 19.6. The molecule has 2 heterocycles. The lowest BCUT2D eigenvalue weighted by atomic mass is 10.2. The predicted molar refractivity (Wildman–Crippen MR) is 108 cm³/mol. The lowest BCUT2D eigenvalue weighted by molar-refractivity contribution is 0.301. The van der Waals surface area contributed by atoms with E-state index in [1.165, 1.54) is 0 Å². The Bertz CT molecular complexity index is 875. The average molecular weight is 379 g/mol. The number of aromatic nitrogens is 4. The van der Waals surface area contributed by atoms with Crippen LogP contribution in [0.1, 0.15) is 24.0 Å². The summed E-state index contributed by atoms with van der Waals surface area (Å²) < 4.78 is 7.50. The van der Waals surface area contributed by atoms with Crippen molar-refractivity contribution in [2.75, 3.05) is 6.54 Å². The van der Waals surface area contributed by atoms with E-state index in [1.807, 2.05) is 56.4 Å². The number of aliphatic imine (C=N–C) groups is 1. The van der Waals surface area contributed by atoms with Crippen LogP contribution in [-0.2, 0) is 26.7 Å². The fourth-order valence-electron chi connectivity index (χ4n) is 2.49. The first-order chi connectivity index (χ1) is 13.7. The highest BCUT2D eigenvalue weighted by Crippen LogP contribution is 2.14. The van der Waals surface area contributed by atoms with Crippen LogP contribution in [0, 0.1) is 0 Å². The van der Waals surface area contributed by atoms with E-state index >= 15 is 0 Å². The molecule has 2 N–H and O–H groups in total. The van der Waals surface area contributed by atoms with Crippen LogP contribution in [0.25, 0.3) is 0 Å². The number of aryl methyl sites for hydroxylation is 1. The molecule has 0 radical (unpaired) electrons. The Morgan fingerprint density at radius 3 is 2.64 bits per heavy atom. The van der Waals surface area contributed by atoms with Gasteiger partial charge in [0.2, 0.25) is 0 Å². The van der Waals surface area contributed by atoms with Gasteiger partial charge >= 0.3 is 0 Å². The SMILES string of the molecule is CCNC(=NCc1ccc(OCc2ccccn2)cc1)NCc1ncnn1C. The number of benzene rings is 1. The van der Waals surface area contributed by atoms with E-state index in [0.29, 0.717) is 19.7 Å². The molecule has 8 nitrogen and oxygen atoms in total. The minimum Gasteiger partial charge on any atom is -0.487 e. The van der Waals surface area contributed by atoms with Crippen molar-refractivity contribution in [2.24, 2.45) is 12.0 Å². The van der Waals surface area contributed by atoms with Crippen molar-refractivity contribution in [2.45, 2.75) is 26.6 Å². The van der Waals surface area contributed by atoms with Crippen LogP contribution in [0.3, 0.4) is 0 Å². The highest BCUT2D eigenvalue weighted by molar-refractivity contribution is 5.79. The van der Waals surface area contributed by atoms with Crippen LogP contribution in [-0.4, -0.2) is 32.3 Å². The fourth-order valence-corrected chi connectivity index (χ4v) is 2.49. The summed E-state index contributed by atoms with van der Waals surface area (Å²) in [6.45, 7) is 4.39. The van der Waals surface area contributed by atoms with E-state index in [1.54, 1.807) is 17.2 Å². The molecule has 0 amide bonds. The second-order valence-electron chi connectivity index (χ2n) is 6.10. The maximum atomic E-state index is 5.76. The van der Waals surface area contributed by atoms with Gasteiger partial charge in [-0.1, -0.05) is 18.2 Å². The van der Waals surface area contributed by atoms with E-state index in [0.717, 1.165) is 35.3 Å². The molecule has 0 bridgehead atoms. The van der Waals surface area contributed by atoms with Crippen LogP contribution < -0.4 is 15.4 Å². The summed E-state index contributed by atoms with van der Waals surface area (Å²) in [5.74, 6) is 2.40. The molecule has 0 saturated heterocycles. The molecule has 0 aliphatic heterocycles. The Kier molecular flexibility index (Phi) is 6.95. The van der Waals surface area contributed by atoms with Gasteiger partial charge in [0.15, 0.2) is 5.96 Å². The summed E-state index contributed by atoms with van der Waals surface area (Å²) in [6.07, 6.45) is 3.30. The number of ether oxygens (including phenoxy) is 1. The van der Waals surface area contributed by atoms with Crippen LogP contribution in [0.4, 0.5) is 0 Å². The van der Waals surface area contributed by atoms with E-state index in [9.17, 15) is 0 Å². The van der Waals surface area contributed by atoms with E-state index in [4.69, 9.17) is 4.74 Å². The molecule has 3 rings (SSSR count). The van der Waals surface area contributed by atoms with Crippen LogP contribution in [0.15, 0.2) is 60.0 Å². The molecule has 0 saturated carbocycles. The van der Waals surface area contributed by atoms with Gasteiger partial charge in [-0.2, -0.15) is 5.10 Å². The number of rotatable bonds is 8. The second-order valence-corrected chi connectivity index (χ2v) is 6.10. The highest BCUT2D eigenvalue weighted by Gasteiger charge is 2.03. The fraction of sp³-hybridized carbons (Fsp3) is 0.300. The number of nitrogens with zero attached hydrogens (tertiary/aromatic N) is 5. The second kappa shape index (κ2) is 10.1. The maximum absolute atomic E-state index is 5.76. The van der Waals surface area contributed by atoms with Gasteiger partial charge < -0.3 is 15.4 Å². The Balaban J connectivity index is 1.52. The van der Waals surface area contributed by atoms with Crippen molar-refractivity contribution in [1.29, 1.82) is 0 Å². The zero-order valence-electron chi connectivity index (χ0n) is 16.2. The van der Waals surface area contributed by atoms with Crippen LogP contribution >= 0.6 is 0 Å². The van der Waals surface area contributed by atoms with Gasteiger partial charge in [0.05, 0.1) is 18.8 Å². The molecular formula is C20H25N7O. The van der Waals surface area contributed by atoms with E-state index < -0.39 is 0 Å². The quantitative estimate of drug-likeness (QED) is 0.460. The standard InChI is InChI=1S/C20H25N7O/c1-3-21-20(24-13-19-25-15-26-27(19)2)23-12-16-7-9-18(10-8-16)28-14-17-6-4-5-11-22-17/h4-11,15H,3,12-14H2,1-2H3,(H2,21,23,24). The minimum absolute atomic E-state index is 0.453. The third kappa shape index (κ3) is 5.80. The molecule has 2 aromatic heterocycles. The predicted octanol–water partition coefficient (Wildman–Crippen LogP) is 2.04. The topological polar surface area (TPSA) is 89.2 Å². The molecule has 8 heteroatoms. The third-order valence-corrected chi connectivity index (χ3v) is 4.02. The van der Waals surface area contributed by atoms with Crippen molar-refractivity contribution < 1.29 is 4.74 Å². The zero-order valence-corrected chi connectivity index (χ0v) is 16.2. The summed E-state index contributed by atoms with van der Waals surface area (Å²) in [6, 6.07) is 13.7. The molecule has 0 aliphatic rings.